The first kappa shape index (κ1) is 9.96. The highest BCUT2D eigenvalue weighted by atomic mass is 16.6. The van der Waals surface area contributed by atoms with Gasteiger partial charge >= 0.3 is 0 Å². The molecule has 1 rings (SSSR count). The maximum atomic E-state index is 9.38. The van der Waals surface area contributed by atoms with Crippen LogP contribution in [-0.4, -0.2) is 28.7 Å². The fraction of sp³-hybridized carbons (Fsp3) is 1.00. The fourth-order valence-electron chi connectivity index (χ4n) is 2.06. The van der Waals surface area contributed by atoms with Crippen molar-refractivity contribution in [2.45, 2.75) is 45.5 Å². The molecule has 1 aliphatic heterocycles. The van der Waals surface area contributed by atoms with Gasteiger partial charge in [0.05, 0.1) is 12.2 Å². The Hall–Kier alpha value is -0.120. The minimum absolute atomic E-state index is 0.0342. The standard InChI is InChI=1S/C9H18O3/c1-8(2)4-7(11)12-9(3,5-8)6-10/h7,10-11H,4-6H2,1-3H3. The van der Waals surface area contributed by atoms with E-state index in [1.165, 1.54) is 0 Å². The van der Waals surface area contributed by atoms with Crippen molar-refractivity contribution in [3.8, 4) is 0 Å². The van der Waals surface area contributed by atoms with E-state index < -0.39 is 11.9 Å². The first-order valence-electron chi connectivity index (χ1n) is 4.34. The third kappa shape index (κ3) is 2.19. The monoisotopic (exact) mass is 174 g/mol. The molecule has 0 spiro atoms. The van der Waals surface area contributed by atoms with Crippen LogP contribution in [0.15, 0.2) is 0 Å². The van der Waals surface area contributed by atoms with E-state index >= 15 is 0 Å². The van der Waals surface area contributed by atoms with Crippen LogP contribution >= 0.6 is 0 Å². The van der Waals surface area contributed by atoms with Gasteiger partial charge in [-0.05, 0) is 18.8 Å². The molecule has 12 heavy (non-hydrogen) atoms. The summed E-state index contributed by atoms with van der Waals surface area (Å²) < 4.78 is 5.26. The van der Waals surface area contributed by atoms with Crippen LogP contribution in [0.25, 0.3) is 0 Å². The number of hydrogen-bond acceptors (Lipinski definition) is 3. The lowest BCUT2D eigenvalue weighted by molar-refractivity contribution is -0.244. The molecule has 1 fully saturated rings. The number of aliphatic hydroxyl groups excluding tert-OH is 2. The third-order valence-corrected chi connectivity index (χ3v) is 2.33. The van der Waals surface area contributed by atoms with Crippen molar-refractivity contribution in [2.24, 2.45) is 5.41 Å². The Bertz CT molecular complexity index is 167. The Balaban J connectivity index is 2.70. The first-order chi connectivity index (χ1) is 5.37. The summed E-state index contributed by atoms with van der Waals surface area (Å²) >= 11 is 0. The lowest BCUT2D eigenvalue weighted by Crippen LogP contribution is -2.47. The van der Waals surface area contributed by atoms with Gasteiger partial charge in [0.1, 0.15) is 0 Å². The van der Waals surface area contributed by atoms with Crippen LogP contribution in [0.5, 0.6) is 0 Å². The van der Waals surface area contributed by atoms with Crippen molar-refractivity contribution in [1.29, 1.82) is 0 Å². The van der Waals surface area contributed by atoms with E-state index in [0.29, 0.717) is 6.42 Å². The summed E-state index contributed by atoms with van der Waals surface area (Å²) in [5, 5.41) is 18.4. The summed E-state index contributed by atoms with van der Waals surface area (Å²) in [5.74, 6) is 0. The van der Waals surface area contributed by atoms with Gasteiger partial charge in [0, 0.05) is 6.42 Å². The van der Waals surface area contributed by atoms with Crippen LogP contribution in [0.3, 0.4) is 0 Å². The van der Waals surface area contributed by atoms with Gasteiger partial charge in [-0.25, -0.2) is 0 Å². The smallest absolute Gasteiger partial charge is 0.155 e. The van der Waals surface area contributed by atoms with Gasteiger partial charge < -0.3 is 14.9 Å². The molecule has 3 nitrogen and oxygen atoms in total. The zero-order chi connectivity index (χ0) is 9.41. The molecule has 1 heterocycles. The molecular weight excluding hydrogens is 156 g/mol. The molecule has 2 unspecified atom stereocenters. The Morgan fingerprint density at radius 3 is 2.42 bits per heavy atom. The van der Waals surface area contributed by atoms with Crippen molar-refractivity contribution in [3.05, 3.63) is 0 Å². The molecular formula is C9H18O3. The van der Waals surface area contributed by atoms with Crippen LogP contribution in [0, 0.1) is 5.41 Å². The predicted octanol–water partition coefficient (Wildman–Crippen LogP) is 0.892. The minimum atomic E-state index is -0.731. The molecule has 0 amide bonds. The summed E-state index contributed by atoms with van der Waals surface area (Å²) in [5.41, 5.74) is -0.518. The fourth-order valence-corrected chi connectivity index (χ4v) is 2.06. The quantitative estimate of drug-likeness (QED) is 0.620. The molecule has 0 aromatic heterocycles. The van der Waals surface area contributed by atoms with Gasteiger partial charge in [-0.15, -0.1) is 0 Å². The van der Waals surface area contributed by atoms with Crippen LogP contribution < -0.4 is 0 Å². The lowest BCUT2D eigenvalue weighted by Gasteiger charge is -2.44. The largest absolute Gasteiger partial charge is 0.393 e. The van der Waals surface area contributed by atoms with Crippen LogP contribution in [-0.2, 0) is 4.74 Å². The van der Waals surface area contributed by atoms with E-state index in [1.807, 2.05) is 6.92 Å². The van der Waals surface area contributed by atoms with Crippen molar-refractivity contribution in [3.63, 3.8) is 0 Å². The van der Waals surface area contributed by atoms with Crippen LogP contribution in [0.1, 0.15) is 33.6 Å². The van der Waals surface area contributed by atoms with Crippen molar-refractivity contribution in [1.82, 2.24) is 0 Å². The molecule has 1 saturated heterocycles. The predicted molar refractivity (Wildman–Crippen MR) is 45.6 cm³/mol. The van der Waals surface area contributed by atoms with Gasteiger partial charge in [-0.3, -0.25) is 0 Å². The summed E-state index contributed by atoms with van der Waals surface area (Å²) in [6.45, 7) is 5.95. The number of ether oxygens (including phenoxy) is 1. The topological polar surface area (TPSA) is 49.7 Å². The summed E-state index contributed by atoms with van der Waals surface area (Å²) in [7, 11) is 0. The van der Waals surface area contributed by atoms with Crippen LogP contribution in [0.4, 0.5) is 0 Å². The average Bonchev–Trinajstić information content (AvgIpc) is 1.82. The zero-order valence-corrected chi connectivity index (χ0v) is 8.00. The second-order valence-corrected chi connectivity index (χ2v) is 4.73. The molecule has 0 aromatic carbocycles. The Morgan fingerprint density at radius 2 is 2.00 bits per heavy atom. The summed E-state index contributed by atoms with van der Waals surface area (Å²) in [4.78, 5) is 0. The maximum Gasteiger partial charge on any atom is 0.155 e. The number of rotatable bonds is 1. The summed E-state index contributed by atoms with van der Waals surface area (Å²) in [6.07, 6.45) is 0.696. The van der Waals surface area contributed by atoms with Crippen molar-refractivity contribution in [2.75, 3.05) is 6.61 Å². The van der Waals surface area contributed by atoms with E-state index in [1.54, 1.807) is 0 Å². The van der Waals surface area contributed by atoms with E-state index in [9.17, 15) is 5.11 Å². The molecule has 2 atom stereocenters. The zero-order valence-electron chi connectivity index (χ0n) is 8.00. The Morgan fingerprint density at radius 1 is 1.42 bits per heavy atom. The van der Waals surface area contributed by atoms with Gasteiger partial charge in [0.25, 0.3) is 0 Å². The second-order valence-electron chi connectivity index (χ2n) is 4.73. The van der Waals surface area contributed by atoms with E-state index in [2.05, 4.69) is 13.8 Å². The number of aliphatic hydroxyl groups is 2. The van der Waals surface area contributed by atoms with Gasteiger partial charge in [0.2, 0.25) is 0 Å². The molecule has 3 heteroatoms. The average molecular weight is 174 g/mol. The third-order valence-electron chi connectivity index (χ3n) is 2.33. The van der Waals surface area contributed by atoms with Crippen molar-refractivity contribution < 1.29 is 14.9 Å². The highest BCUT2D eigenvalue weighted by Crippen LogP contribution is 2.40. The van der Waals surface area contributed by atoms with Crippen molar-refractivity contribution >= 4 is 0 Å². The van der Waals surface area contributed by atoms with Gasteiger partial charge in [-0.1, -0.05) is 13.8 Å². The van der Waals surface area contributed by atoms with Crippen LogP contribution in [0.2, 0.25) is 0 Å². The Kier molecular flexibility index (Phi) is 2.47. The van der Waals surface area contributed by atoms with Gasteiger partial charge in [0.15, 0.2) is 6.29 Å². The highest BCUT2D eigenvalue weighted by molar-refractivity contribution is 4.88. The minimum Gasteiger partial charge on any atom is -0.393 e. The normalized spacial score (nSPS) is 41.2. The van der Waals surface area contributed by atoms with E-state index in [-0.39, 0.29) is 12.0 Å². The first-order valence-corrected chi connectivity index (χ1v) is 4.34. The molecule has 1 aliphatic rings. The van der Waals surface area contributed by atoms with E-state index in [4.69, 9.17) is 9.84 Å². The molecule has 2 N–H and O–H groups in total. The molecule has 0 saturated carbocycles. The summed E-state index contributed by atoms with van der Waals surface area (Å²) in [6, 6.07) is 0. The molecule has 0 radical (unpaired) electrons. The Labute approximate surface area is 73.4 Å². The lowest BCUT2D eigenvalue weighted by atomic mass is 9.76. The van der Waals surface area contributed by atoms with Gasteiger partial charge in [-0.2, -0.15) is 0 Å². The molecule has 72 valence electrons. The molecule has 0 aliphatic carbocycles. The van der Waals surface area contributed by atoms with E-state index in [0.717, 1.165) is 6.42 Å². The number of hydrogen-bond donors (Lipinski definition) is 2. The maximum absolute atomic E-state index is 9.38. The molecule has 0 bridgehead atoms. The molecule has 0 aromatic rings. The second kappa shape index (κ2) is 2.98. The SMILES string of the molecule is CC1(C)CC(O)OC(C)(CO)C1. The highest BCUT2D eigenvalue weighted by Gasteiger charge is 2.41.